The highest BCUT2D eigenvalue weighted by Crippen LogP contribution is 2.25. The number of para-hydroxylation sites is 1. The standard InChI is InChI=1S/C16H22N2O/c1-11(2)16(4,19)10-18-14-8-9-17-15-12(3)6-5-7-13(14)15/h5-9,11,19H,10H2,1-4H3,(H,17,18). The van der Waals surface area contributed by atoms with E-state index < -0.39 is 5.60 Å². The molecule has 1 atom stereocenters. The number of benzene rings is 1. The molecule has 0 spiro atoms. The van der Waals surface area contributed by atoms with E-state index in [0.717, 1.165) is 22.2 Å². The fourth-order valence-electron chi connectivity index (χ4n) is 1.96. The van der Waals surface area contributed by atoms with Gasteiger partial charge in [0.05, 0.1) is 11.1 Å². The van der Waals surface area contributed by atoms with Crippen LogP contribution in [0.15, 0.2) is 30.5 Å². The van der Waals surface area contributed by atoms with Crippen LogP contribution in [0, 0.1) is 12.8 Å². The van der Waals surface area contributed by atoms with E-state index in [2.05, 4.69) is 29.4 Å². The van der Waals surface area contributed by atoms with Crippen LogP contribution in [-0.2, 0) is 0 Å². The number of fused-ring (bicyclic) bond motifs is 1. The number of hydrogen-bond acceptors (Lipinski definition) is 3. The van der Waals surface area contributed by atoms with Gasteiger partial charge in [-0.25, -0.2) is 0 Å². The third-order valence-corrected chi connectivity index (χ3v) is 3.85. The van der Waals surface area contributed by atoms with Crippen molar-refractivity contribution in [3.63, 3.8) is 0 Å². The summed E-state index contributed by atoms with van der Waals surface area (Å²) in [6.07, 6.45) is 1.81. The predicted octanol–water partition coefficient (Wildman–Crippen LogP) is 3.36. The minimum Gasteiger partial charge on any atom is -0.388 e. The normalized spacial score (nSPS) is 14.6. The van der Waals surface area contributed by atoms with Crippen molar-refractivity contribution in [3.05, 3.63) is 36.0 Å². The summed E-state index contributed by atoms with van der Waals surface area (Å²) >= 11 is 0. The molecule has 0 bridgehead atoms. The average Bonchev–Trinajstić information content (AvgIpc) is 2.37. The first kappa shape index (κ1) is 13.8. The van der Waals surface area contributed by atoms with E-state index in [9.17, 15) is 5.11 Å². The van der Waals surface area contributed by atoms with Crippen molar-refractivity contribution in [2.75, 3.05) is 11.9 Å². The van der Waals surface area contributed by atoms with E-state index in [-0.39, 0.29) is 5.92 Å². The van der Waals surface area contributed by atoms with Crippen LogP contribution in [0.4, 0.5) is 5.69 Å². The van der Waals surface area contributed by atoms with E-state index >= 15 is 0 Å². The monoisotopic (exact) mass is 258 g/mol. The summed E-state index contributed by atoms with van der Waals surface area (Å²) in [7, 11) is 0. The maximum Gasteiger partial charge on any atom is 0.0813 e. The molecule has 2 N–H and O–H groups in total. The van der Waals surface area contributed by atoms with Gasteiger partial charge in [0.2, 0.25) is 0 Å². The molecule has 0 fully saturated rings. The first-order valence-electron chi connectivity index (χ1n) is 6.72. The largest absolute Gasteiger partial charge is 0.388 e. The molecule has 19 heavy (non-hydrogen) atoms. The molecule has 0 amide bonds. The van der Waals surface area contributed by atoms with Crippen LogP contribution in [0.3, 0.4) is 0 Å². The lowest BCUT2D eigenvalue weighted by Crippen LogP contribution is -2.38. The molecule has 0 saturated heterocycles. The second kappa shape index (κ2) is 5.17. The molecule has 0 aliphatic heterocycles. The van der Waals surface area contributed by atoms with Gasteiger partial charge < -0.3 is 10.4 Å². The van der Waals surface area contributed by atoms with Crippen LogP contribution in [-0.4, -0.2) is 22.2 Å². The molecule has 2 rings (SSSR count). The lowest BCUT2D eigenvalue weighted by molar-refractivity contribution is 0.0266. The van der Waals surface area contributed by atoms with Gasteiger partial charge in [-0.1, -0.05) is 32.0 Å². The Kier molecular flexibility index (Phi) is 3.76. The van der Waals surface area contributed by atoms with E-state index in [1.807, 2.05) is 39.1 Å². The van der Waals surface area contributed by atoms with Crippen molar-refractivity contribution in [2.24, 2.45) is 5.92 Å². The number of nitrogens with zero attached hydrogens (tertiary/aromatic N) is 1. The van der Waals surface area contributed by atoms with Gasteiger partial charge in [0.25, 0.3) is 0 Å². The van der Waals surface area contributed by atoms with Crippen LogP contribution in [0.1, 0.15) is 26.3 Å². The zero-order valence-corrected chi connectivity index (χ0v) is 12.1. The summed E-state index contributed by atoms with van der Waals surface area (Å²) < 4.78 is 0. The SMILES string of the molecule is Cc1cccc2c(NCC(C)(O)C(C)C)ccnc12. The van der Waals surface area contributed by atoms with Gasteiger partial charge in [-0.2, -0.15) is 0 Å². The Morgan fingerprint density at radius 2 is 2.05 bits per heavy atom. The quantitative estimate of drug-likeness (QED) is 0.884. The van der Waals surface area contributed by atoms with Crippen molar-refractivity contribution < 1.29 is 5.11 Å². The molecule has 3 nitrogen and oxygen atoms in total. The van der Waals surface area contributed by atoms with E-state index in [4.69, 9.17) is 0 Å². The summed E-state index contributed by atoms with van der Waals surface area (Å²) in [5.41, 5.74) is 2.47. The lowest BCUT2D eigenvalue weighted by atomic mass is 9.92. The van der Waals surface area contributed by atoms with E-state index in [0.29, 0.717) is 6.54 Å². The van der Waals surface area contributed by atoms with Crippen molar-refractivity contribution in [1.82, 2.24) is 4.98 Å². The molecule has 3 heteroatoms. The first-order valence-corrected chi connectivity index (χ1v) is 6.72. The highest BCUT2D eigenvalue weighted by molar-refractivity contribution is 5.92. The smallest absolute Gasteiger partial charge is 0.0813 e. The number of pyridine rings is 1. The van der Waals surface area contributed by atoms with Gasteiger partial charge in [0.1, 0.15) is 0 Å². The maximum absolute atomic E-state index is 10.3. The first-order chi connectivity index (χ1) is 8.92. The molecular weight excluding hydrogens is 236 g/mol. The molecule has 1 unspecified atom stereocenters. The number of anilines is 1. The van der Waals surface area contributed by atoms with Crippen LogP contribution >= 0.6 is 0 Å². The molecule has 1 heterocycles. The molecule has 0 saturated carbocycles. The Morgan fingerprint density at radius 1 is 1.32 bits per heavy atom. The Hall–Kier alpha value is -1.61. The zero-order chi connectivity index (χ0) is 14.0. The Bertz CT molecular complexity index is 576. The number of aliphatic hydroxyl groups is 1. The molecule has 0 aliphatic carbocycles. The highest BCUT2D eigenvalue weighted by atomic mass is 16.3. The van der Waals surface area contributed by atoms with Gasteiger partial charge in [0, 0.05) is 23.8 Å². The maximum atomic E-state index is 10.3. The summed E-state index contributed by atoms with van der Waals surface area (Å²) in [4.78, 5) is 4.42. The van der Waals surface area contributed by atoms with Crippen molar-refractivity contribution in [1.29, 1.82) is 0 Å². The molecular formula is C16H22N2O. The van der Waals surface area contributed by atoms with E-state index in [1.165, 1.54) is 0 Å². The number of rotatable bonds is 4. The Labute approximate surface area is 114 Å². The summed E-state index contributed by atoms with van der Waals surface area (Å²) in [6.45, 7) is 8.49. The fourth-order valence-corrected chi connectivity index (χ4v) is 1.96. The minimum atomic E-state index is -0.723. The van der Waals surface area contributed by atoms with Crippen LogP contribution in [0.25, 0.3) is 10.9 Å². The van der Waals surface area contributed by atoms with Gasteiger partial charge in [0.15, 0.2) is 0 Å². The molecule has 102 valence electrons. The van der Waals surface area contributed by atoms with Gasteiger partial charge >= 0.3 is 0 Å². The van der Waals surface area contributed by atoms with Crippen molar-refractivity contribution in [3.8, 4) is 0 Å². The number of aromatic nitrogens is 1. The Balaban J connectivity index is 2.29. The van der Waals surface area contributed by atoms with Crippen LogP contribution < -0.4 is 5.32 Å². The average molecular weight is 258 g/mol. The second-order valence-electron chi connectivity index (χ2n) is 5.70. The molecule has 2 aromatic rings. The second-order valence-corrected chi connectivity index (χ2v) is 5.70. The van der Waals surface area contributed by atoms with Gasteiger partial charge in [-0.3, -0.25) is 4.98 Å². The van der Waals surface area contributed by atoms with Crippen molar-refractivity contribution in [2.45, 2.75) is 33.3 Å². The molecule has 1 aromatic carbocycles. The van der Waals surface area contributed by atoms with E-state index in [1.54, 1.807) is 0 Å². The zero-order valence-electron chi connectivity index (χ0n) is 12.1. The summed E-state index contributed by atoms with van der Waals surface area (Å²) in [5.74, 6) is 0.204. The third-order valence-electron chi connectivity index (χ3n) is 3.85. The number of aryl methyl sites for hydroxylation is 1. The predicted molar refractivity (Wildman–Crippen MR) is 80.4 cm³/mol. The van der Waals surface area contributed by atoms with Crippen molar-refractivity contribution >= 4 is 16.6 Å². The fraction of sp³-hybridized carbons (Fsp3) is 0.438. The van der Waals surface area contributed by atoms with Crippen LogP contribution in [0.2, 0.25) is 0 Å². The minimum absolute atomic E-state index is 0.204. The van der Waals surface area contributed by atoms with Crippen LogP contribution in [0.5, 0.6) is 0 Å². The highest BCUT2D eigenvalue weighted by Gasteiger charge is 2.24. The lowest BCUT2D eigenvalue weighted by Gasteiger charge is -2.28. The summed E-state index contributed by atoms with van der Waals surface area (Å²) in [6, 6.07) is 8.11. The molecule has 1 aromatic heterocycles. The Morgan fingerprint density at radius 3 is 2.74 bits per heavy atom. The number of nitrogens with one attached hydrogen (secondary N) is 1. The topological polar surface area (TPSA) is 45.1 Å². The third kappa shape index (κ3) is 2.87. The van der Waals surface area contributed by atoms with Gasteiger partial charge in [-0.15, -0.1) is 0 Å². The summed E-state index contributed by atoms with van der Waals surface area (Å²) in [5, 5.41) is 14.7. The molecule has 0 aliphatic rings. The number of hydrogen-bond donors (Lipinski definition) is 2. The molecule has 0 radical (unpaired) electrons. The van der Waals surface area contributed by atoms with Gasteiger partial charge in [-0.05, 0) is 31.4 Å².